The van der Waals surface area contributed by atoms with Crippen LogP contribution in [0, 0.1) is 11.3 Å². The molecule has 0 saturated heterocycles. The van der Waals surface area contributed by atoms with Gasteiger partial charge >= 0.3 is 0 Å². The fraction of sp³-hybridized carbons (Fsp3) is 0.0714. The Balaban J connectivity index is 1.95. The van der Waals surface area contributed by atoms with Crippen LogP contribution in [-0.4, -0.2) is 17.5 Å². The number of benzene rings is 1. The van der Waals surface area contributed by atoms with Crippen molar-refractivity contribution in [2.24, 2.45) is 0 Å². The fourth-order valence-electron chi connectivity index (χ4n) is 1.49. The van der Waals surface area contributed by atoms with Crippen LogP contribution in [-0.2, 0) is 4.79 Å². The number of pyridine rings is 1. The SMILES string of the molecule is N#Cc1cc(Cl)ccc1OCC(=O)Nc1ccc(Cl)cn1. The van der Waals surface area contributed by atoms with Gasteiger partial charge in [-0.3, -0.25) is 4.79 Å². The molecule has 0 bridgehead atoms. The van der Waals surface area contributed by atoms with Gasteiger partial charge in [0, 0.05) is 11.2 Å². The van der Waals surface area contributed by atoms with Crippen LogP contribution in [0.3, 0.4) is 0 Å². The number of amides is 1. The van der Waals surface area contributed by atoms with Crippen molar-refractivity contribution in [2.45, 2.75) is 0 Å². The van der Waals surface area contributed by atoms with E-state index in [2.05, 4.69) is 10.3 Å². The van der Waals surface area contributed by atoms with Crippen LogP contribution in [0.4, 0.5) is 5.82 Å². The van der Waals surface area contributed by atoms with Crippen molar-refractivity contribution in [1.29, 1.82) is 5.26 Å². The van der Waals surface area contributed by atoms with Gasteiger partial charge in [-0.25, -0.2) is 4.98 Å². The Morgan fingerprint density at radius 3 is 2.71 bits per heavy atom. The smallest absolute Gasteiger partial charge is 0.263 e. The van der Waals surface area contributed by atoms with E-state index in [-0.39, 0.29) is 12.2 Å². The Labute approximate surface area is 131 Å². The molecular formula is C14H9Cl2N3O2. The molecule has 1 aromatic heterocycles. The van der Waals surface area contributed by atoms with Gasteiger partial charge in [0.1, 0.15) is 17.6 Å². The first-order valence-electron chi connectivity index (χ1n) is 5.82. The number of nitriles is 1. The number of ether oxygens (including phenoxy) is 1. The number of halogens is 2. The monoisotopic (exact) mass is 321 g/mol. The first-order chi connectivity index (χ1) is 10.1. The number of carbonyl (C=O) groups excluding carboxylic acids is 1. The molecule has 5 nitrogen and oxygen atoms in total. The number of rotatable bonds is 4. The number of nitrogens with one attached hydrogen (secondary N) is 1. The van der Waals surface area contributed by atoms with Gasteiger partial charge < -0.3 is 10.1 Å². The summed E-state index contributed by atoms with van der Waals surface area (Å²) < 4.78 is 5.29. The average molecular weight is 322 g/mol. The van der Waals surface area contributed by atoms with Crippen LogP contribution in [0.15, 0.2) is 36.5 Å². The molecule has 0 aliphatic heterocycles. The Kier molecular flexibility index (Phi) is 4.99. The highest BCUT2D eigenvalue weighted by Gasteiger charge is 2.08. The average Bonchev–Trinajstić information content (AvgIpc) is 2.48. The molecule has 1 N–H and O–H groups in total. The summed E-state index contributed by atoms with van der Waals surface area (Å²) in [5.74, 6) is 0.259. The highest BCUT2D eigenvalue weighted by molar-refractivity contribution is 6.30. The highest BCUT2D eigenvalue weighted by atomic mass is 35.5. The maximum absolute atomic E-state index is 11.7. The summed E-state index contributed by atoms with van der Waals surface area (Å²) in [6, 6.07) is 9.71. The zero-order valence-electron chi connectivity index (χ0n) is 10.6. The molecule has 0 aliphatic rings. The lowest BCUT2D eigenvalue weighted by molar-refractivity contribution is -0.118. The maximum atomic E-state index is 11.7. The number of aromatic nitrogens is 1. The minimum atomic E-state index is -0.399. The minimum absolute atomic E-state index is 0.249. The second-order valence-corrected chi connectivity index (χ2v) is 4.82. The summed E-state index contributed by atoms with van der Waals surface area (Å²) in [4.78, 5) is 15.6. The van der Waals surface area contributed by atoms with Crippen molar-refractivity contribution in [1.82, 2.24) is 4.98 Å². The lowest BCUT2D eigenvalue weighted by atomic mass is 10.2. The summed E-state index contributed by atoms with van der Waals surface area (Å²) in [7, 11) is 0. The van der Waals surface area contributed by atoms with Crippen LogP contribution in [0.1, 0.15) is 5.56 Å². The standard InChI is InChI=1S/C14H9Cl2N3O2/c15-10-1-3-12(9(5-10)6-17)21-8-14(20)19-13-4-2-11(16)7-18-13/h1-5,7H,8H2,(H,18,19,20). The summed E-state index contributed by atoms with van der Waals surface area (Å²) in [5, 5.41) is 12.4. The number of anilines is 1. The van der Waals surface area contributed by atoms with Crippen LogP contribution >= 0.6 is 23.2 Å². The molecule has 2 aromatic rings. The topological polar surface area (TPSA) is 75.0 Å². The first kappa shape index (κ1) is 15.1. The predicted molar refractivity (Wildman–Crippen MR) is 79.5 cm³/mol. The molecule has 0 fully saturated rings. The van der Waals surface area contributed by atoms with E-state index in [0.717, 1.165) is 0 Å². The molecule has 0 radical (unpaired) electrons. The van der Waals surface area contributed by atoms with E-state index in [9.17, 15) is 4.79 Å². The molecule has 0 aliphatic carbocycles. The Morgan fingerprint density at radius 1 is 1.29 bits per heavy atom. The van der Waals surface area contributed by atoms with Crippen molar-refractivity contribution >= 4 is 34.9 Å². The Bertz CT molecular complexity index is 696. The molecular weight excluding hydrogens is 313 g/mol. The van der Waals surface area contributed by atoms with Crippen molar-refractivity contribution in [3.8, 4) is 11.8 Å². The third-order valence-electron chi connectivity index (χ3n) is 2.42. The normalized spacial score (nSPS) is 9.76. The van der Waals surface area contributed by atoms with Crippen molar-refractivity contribution < 1.29 is 9.53 Å². The van der Waals surface area contributed by atoms with Gasteiger partial charge in [0.15, 0.2) is 6.61 Å². The van der Waals surface area contributed by atoms with Crippen LogP contribution in [0.25, 0.3) is 0 Å². The third-order valence-corrected chi connectivity index (χ3v) is 2.87. The van der Waals surface area contributed by atoms with Gasteiger partial charge in [0.25, 0.3) is 5.91 Å². The summed E-state index contributed by atoms with van der Waals surface area (Å²) in [6.07, 6.45) is 1.42. The van der Waals surface area contributed by atoms with Crippen molar-refractivity contribution in [2.75, 3.05) is 11.9 Å². The lowest BCUT2D eigenvalue weighted by Gasteiger charge is -2.08. The second-order valence-electron chi connectivity index (χ2n) is 3.95. The van der Waals surface area contributed by atoms with Crippen molar-refractivity contribution in [3.63, 3.8) is 0 Å². The molecule has 7 heteroatoms. The molecule has 0 spiro atoms. The molecule has 2 rings (SSSR count). The molecule has 1 amide bonds. The quantitative estimate of drug-likeness (QED) is 0.937. The van der Waals surface area contributed by atoms with E-state index in [1.807, 2.05) is 6.07 Å². The molecule has 21 heavy (non-hydrogen) atoms. The van der Waals surface area contributed by atoms with E-state index < -0.39 is 5.91 Å². The van der Waals surface area contributed by atoms with Gasteiger partial charge in [0.2, 0.25) is 0 Å². The lowest BCUT2D eigenvalue weighted by Crippen LogP contribution is -2.20. The van der Waals surface area contributed by atoms with Gasteiger partial charge in [-0.05, 0) is 30.3 Å². The van der Waals surface area contributed by atoms with Gasteiger partial charge in [-0.15, -0.1) is 0 Å². The highest BCUT2D eigenvalue weighted by Crippen LogP contribution is 2.22. The zero-order chi connectivity index (χ0) is 15.2. The van der Waals surface area contributed by atoms with Gasteiger partial charge in [0.05, 0.1) is 10.6 Å². The maximum Gasteiger partial charge on any atom is 0.263 e. The van der Waals surface area contributed by atoms with Gasteiger partial charge in [-0.1, -0.05) is 23.2 Å². The molecule has 106 valence electrons. The van der Waals surface area contributed by atoms with E-state index >= 15 is 0 Å². The zero-order valence-corrected chi connectivity index (χ0v) is 12.1. The predicted octanol–water partition coefficient (Wildman–Crippen LogP) is 3.28. The third kappa shape index (κ3) is 4.35. The molecule has 0 atom stereocenters. The summed E-state index contributed by atoms with van der Waals surface area (Å²) >= 11 is 11.5. The number of nitrogens with zero attached hydrogens (tertiary/aromatic N) is 2. The first-order valence-corrected chi connectivity index (χ1v) is 6.58. The number of hydrogen-bond acceptors (Lipinski definition) is 4. The molecule has 0 unspecified atom stereocenters. The van der Waals surface area contributed by atoms with Crippen LogP contribution < -0.4 is 10.1 Å². The fourth-order valence-corrected chi connectivity index (χ4v) is 1.77. The molecule has 1 aromatic carbocycles. The van der Waals surface area contributed by atoms with Crippen molar-refractivity contribution in [3.05, 3.63) is 52.1 Å². The Hall–Kier alpha value is -2.29. The number of hydrogen-bond donors (Lipinski definition) is 1. The van der Waals surface area contributed by atoms with Crippen LogP contribution in [0.2, 0.25) is 10.0 Å². The van der Waals surface area contributed by atoms with E-state index in [1.54, 1.807) is 18.2 Å². The van der Waals surface area contributed by atoms with Gasteiger partial charge in [-0.2, -0.15) is 5.26 Å². The van der Waals surface area contributed by atoms with E-state index in [4.69, 9.17) is 33.2 Å². The van der Waals surface area contributed by atoms with Crippen LogP contribution in [0.5, 0.6) is 5.75 Å². The minimum Gasteiger partial charge on any atom is -0.482 e. The Morgan fingerprint density at radius 2 is 2.05 bits per heavy atom. The summed E-state index contributed by atoms with van der Waals surface area (Å²) in [6.45, 7) is -0.249. The van der Waals surface area contributed by atoms with E-state index in [1.165, 1.54) is 18.3 Å². The largest absolute Gasteiger partial charge is 0.482 e. The molecule has 1 heterocycles. The van der Waals surface area contributed by atoms with E-state index in [0.29, 0.717) is 21.6 Å². The molecule has 0 saturated carbocycles. The second kappa shape index (κ2) is 6.93. The summed E-state index contributed by atoms with van der Waals surface area (Å²) in [5.41, 5.74) is 0.264. The number of carbonyl (C=O) groups is 1.